The molecular formula is C14H18O6. The predicted octanol–water partition coefficient (Wildman–Crippen LogP) is 3.49. The maximum absolute atomic E-state index is 10.2. The first-order chi connectivity index (χ1) is 9.56. The first-order valence-corrected chi connectivity index (χ1v) is 5.95. The van der Waals surface area contributed by atoms with Gasteiger partial charge in [0.2, 0.25) is 0 Å². The van der Waals surface area contributed by atoms with Crippen LogP contribution in [-0.2, 0) is 9.47 Å². The summed E-state index contributed by atoms with van der Waals surface area (Å²) in [7, 11) is 0. The average Bonchev–Trinajstić information content (AvgIpc) is 2.67. The van der Waals surface area contributed by atoms with E-state index < -0.39 is 12.3 Å². The largest absolute Gasteiger partial charge is 0.508 e. The van der Waals surface area contributed by atoms with E-state index in [1.165, 1.54) is 5.56 Å². The molecule has 0 radical (unpaired) electrons. The van der Waals surface area contributed by atoms with Gasteiger partial charge in [0.15, 0.2) is 0 Å². The summed E-state index contributed by atoms with van der Waals surface area (Å²) in [5.41, 5.74) is 1.17. The van der Waals surface area contributed by atoms with Crippen LogP contribution in [0.3, 0.4) is 0 Å². The molecule has 1 aromatic carbocycles. The number of cyclic esters (lactones) is 2. The van der Waals surface area contributed by atoms with E-state index in [1.807, 2.05) is 36.4 Å². The van der Waals surface area contributed by atoms with Gasteiger partial charge in [0.1, 0.15) is 0 Å². The van der Waals surface area contributed by atoms with Gasteiger partial charge in [0.05, 0.1) is 13.2 Å². The van der Waals surface area contributed by atoms with Gasteiger partial charge >= 0.3 is 12.3 Å². The van der Waals surface area contributed by atoms with E-state index >= 15 is 0 Å². The molecule has 6 nitrogen and oxygen atoms in total. The highest BCUT2D eigenvalue weighted by Gasteiger charge is 2.06. The van der Waals surface area contributed by atoms with Crippen molar-refractivity contribution in [3.63, 3.8) is 0 Å². The molecule has 1 aliphatic rings. The molecule has 0 bridgehead atoms. The molecule has 0 aliphatic carbocycles. The summed E-state index contributed by atoms with van der Waals surface area (Å²) >= 11 is 0. The van der Waals surface area contributed by atoms with Crippen molar-refractivity contribution in [1.29, 1.82) is 0 Å². The SMILES string of the molecule is C=Cc1ccccc1.O=C(O)O.O=C1OCCCCO1. The lowest BCUT2D eigenvalue weighted by atomic mass is 10.2. The second kappa shape index (κ2) is 11.6. The molecule has 1 aliphatic heterocycles. The maximum atomic E-state index is 10.2. The standard InChI is InChI=1S/C8H8.C5H8O3.CH2O3/c1-2-8-6-4-3-5-7-8;6-5-7-3-1-2-4-8-5;2-1(3)4/h2-7H,1H2;1-4H2;(H2,2,3,4). The molecule has 6 heteroatoms. The van der Waals surface area contributed by atoms with Crippen molar-refractivity contribution < 1.29 is 29.3 Å². The number of carbonyl (C=O) groups excluding carboxylic acids is 1. The van der Waals surface area contributed by atoms with E-state index in [9.17, 15) is 4.79 Å². The Morgan fingerprint density at radius 2 is 1.55 bits per heavy atom. The molecule has 0 amide bonds. The molecule has 1 aromatic rings. The number of benzene rings is 1. The lowest BCUT2D eigenvalue weighted by molar-refractivity contribution is 0.0728. The lowest BCUT2D eigenvalue weighted by Crippen LogP contribution is -2.02. The number of hydrogen-bond acceptors (Lipinski definition) is 4. The fourth-order valence-corrected chi connectivity index (χ4v) is 1.15. The van der Waals surface area contributed by atoms with Gasteiger partial charge in [0, 0.05) is 0 Å². The van der Waals surface area contributed by atoms with E-state index in [1.54, 1.807) is 0 Å². The second-order valence-electron chi connectivity index (χ2n) is 3.55. The van der Waals surface area contributed by atoms with E-state index in [0.717, 1.165) is 12.8 Å². The van der Waals surface area contributed by atoms with Gasteiger partial charge < -0.3 is 19.7 Å². The molecule has 110 valence electrons. The molecular weight excluding hydrogens is 264 g/mol. The monoisotopic (exact) mass is 282 g/mol. The van der Waals surface area contributed by atoms with Crippen LogP contribution in [0.5, 0.6) is 0 Å². The van der Waals surface area contributed by atoms with Crippen LogP contribution in [0.4, 0.5) is 9.59 Å². The second-order valence-corrected chi connectivity index (χ2v) is 3.55. The minimum Gasteiger partial charge on any atom is -0.450 e. The van der Waals surface area contributed by atoms with Crippen LogP contribution in [0.15, 0.2) is 36.9 Å². The van der Waals surface area contributed by atoms with E-state index in [0.29, 0.717) is 13.2 Å². The minimum atomic E-state index is -1.83. The third kappa shape index (κ3) is 12.0. The molecule has 2 rings (SSSR count). The van der Waals surface area contributed by atoms with E-state index in [-0.39, 0.29) is 0 Å². The Balaban J connectivity index is 0.000000289. The number of ether oxygens (including phenoxy) is 2. The summed E-state index contributed by atoms with van der Waals surface area (Å²) in [5.74, 6) is 0. The molecule has 1 fully saturated rings. The van der Waals surface area contributed by atoms with Crippen LogP contribution >= 0.6 is 0 Å². The Morgan fingerprint density at radius 1 is 1.10 bits per heavy atom. The van der Waals surface area contributed by atoms with Crippen molar-refractivity contribution in [2.45, 2.75) is 12.8 Å². The van der Waals surface area contributed by atoms with Gasteiger partial charge in [-0.15, -0.1) is 0 Å². The predicted molar refractivity (Wildman–Crippen MR) is 73.7 cm³/mol. The van der Waals surface area contributed by atoms with Crippen molar-refractivity contribution in [3.8, 4) is 0 Å². The zero-order valence-electron chi connectivity index (χ0n) is 11.0. The van der Waals surface area contributed by atoms with Gasteiger partial charge in [0.25, 0.3) is 0 Å². The summed E-state index contributed by atoms with van der Waals surface area (Å²) in [4.78, 5) is 18.8. The van der Waals surface area contributed by atoms with E-state index in [2.05, 4.69) is 16.1 Å². The normalized spacial score (nSPS) is 12.9. The highest BCUT2D eigenvalue weighted by atomic mass is 16.7. The smallest absolute Gasteiger partial charge is 0.450 e. The fraction of sp³-hybridized carbons (Fsp3) is 0.286. The molecule has 1 heterocycles. The van der Waals surface area contributed by atoms with Gasteiger partial charge in [-0.1, -0.05) is 43.0 Å². The topological polar surface area (TPSA) is 93.1 Å². The first-order valence-electron chi connectivity index (χ1n) is 5.95. The Hall–Kier alpha value is -2.50. The molecule has 0 atom stereocenters. The van der Waals surface area contributed by atoms with Crippen molar-refractivity contribution >= 4 is 18.4 Å². The van der Waals surface area contributed by atoms with Gasteiger partial charge in [-0.05, 0) is 18.4 Å². The molecule has 20 heavy (non-hydrogen) atoms. The third-order valence-electron chi connectivity index (χ3n) is 2.01. The van der Waals surface area contributed by atoms with Crippen LogP contribution < -0.4 is 0 Å². The molecule has 0 saturated carbocycles. The summed E-state index contributed by atoms with van der Waals surface area (Å²) < 4.78 is 9.08. The van der Waals surface area contributed by atoms with Crippen LogP contribution in [0.1, 0.15) is 18.4 Å². The highest BCUT2D eigenvalue weighted by molar-refractivity contribution is 5.59. The lowest BCUT2D eigenvalue weighted by Gasteiger charge is -1.94. The average molecular weight is 282 g/mol. The van der Waals surface area contributed by atoms with E-state index in [4.69, 9.17) is 15.0 Å². The van der Waals surface area contributed by atoms with Gasteiger partial charge in [-0.25, -0.2) is 9.59 Å². The zero-order valence-corrected chi connectivity index (χ0v) is 11.0. The van der Waals surface area contributed by atoms with Crippen molar-refractivity contribution in [2.24, 2.45) is 0 Å². The number of carbonyl (C=O) groups is 2. The summed E-state index contributed by atoms with van der Waals surface area (Å²) in [6.45, 7) is 4.66. The summed E-state index contributed by atoms with van der Waals surface area (Å²) in [5, 5.41) is 13.9. The fourth-order valence-electron chi connectivity index (χ4n) is 1.15. The zero-order chi connectivity index (χ0) is 15.2. The molecule has 2 N–H and O–H groups in total. The maximum Gasteiger partial charge on any atom is 0.508 e. The minimum absolute atomic E-state index is 0.513. The van der Waals surface area contributed by atoms with Crippen molar-refractivity contribution in [2.75, 3.05) is 13.2 Å². The van der Waals surface area contributed by atoms with Crippen LogP contribution in [-0.4, -0.2) is 35.7 Å². The van der Waals surface area contributed by atoms with Crippen LogP contribution in [0.2, 0.25) is 0 Å². The number of hydrogen-bond donors (Lipinski definition) is 2. The Labute approximate surface area is 117 Å². The Morgan fingerprint density at radius 3 is 1.90 bits per heavy atom. The summed E-state index contributed by atoms with van der Waals surface area (Å²) in [6.07, 6.45) is 1.32. The molecule has 1 saturated heterocycles. The van der Waals surface area contributed by atoms with Crippen LogP contribution in [0.25, 0.3) is 6.08 Å². The highest BCUT2D eigenvalue weighted by Crippen LogP contribution is 1.99. The number of rotatable bonds is 1. The summed E-state index contributed by atoms with van der Waals surface area (Å²) in [6, 6.07) is 10.0. The van der Waals surface area contributed by atoms with Gasteiger partial charge in [-0.3, -0.25) is 0 Å². The molecule has 0 aromatic heterocycles. The Bertz CT molecular complexity index is 387. The number of carboxylic acid groups (broad SMARTS) is 2. The van der Waals surface area contributed by atoms with Crippen molar-refractivity contribution in [1.82, 2.24) is 0 Å². The molecule has 0 spiro atoms. The quantitative estimate of drug-likeness (QED) is 0.766. The first kappa shape index (κ1) is 17.5. The Kier molecular flexibility index (Phi) is 10.1. The molecule has 0 unspecified atom stereocenters. The van der Waals surface area contributed by atoms with Gasteiger partial charge in [-0.2, -0.15) is 0 Å². The van der Waals surface area contributed by atoms with Crippen LogP contribution in [0, 0.1) is 0 Å². The van der Waals surface area contributed by atoms with Crippen molar-refractivity contribution in [3.05, 3.63) is 42.5 Å². The third-order valence-corrected chi connectivity index (χ3v) is 2.01.